The zero-order chi connectivity index (χ0) is 21.2. The van der Waals surface area contributed by atoms with E-state index in [1.165, 1.54) is 20.3 Å². The van der Waals surface area contributed by atoms with Gasteiger partial charge in [0, 0.05) is 11.0 Å². The summed E-state index contributed by atoms with van der Waals surface area (Å²) in [6.45, 7) is 0.0311. The number of carbonyl (C=O) groups excluding carboxylic acids is 2. The molecule has 7 nitrogen and oxygen atoms in total. The molecule has 0 saturated heterocycles. The molecule has 2 aromatic carbocycles. The lowest BCUT2D eigenvalue weighted by Crippen LogP contribution is -2.23. The highest BCUT2D eigenvalue weighted by atomic mass is 79.9. The molecule has 0 aromatic heterocycles. The molecule has 8 heteroatoms. The van der Waals surface area contributed by atoms with Gasteiger partial charge < -0.3 is 19.5 Å². The molecule has 0 aliphatic rings. The lowest BCUT2D eigenvalue weighted by Gasteiger charge is -2.12. The summed E-state index contributed by atoms with van der Waals surface area (Å²) in [4.78, 5) is 23.6. The predicted molar refractivity (Wildman–Crippen MR) is 110 cm³/mol. The summed E-state index contributed by atoms with van der Waals surface area (Å²) in [5.74, 6) is -0.374. The molecule has 0 saturated carbocycles. The van der Waals surface area contributed by atoms with Gasteiger partial charge in [-0.2, -0.15) is 5.26 Å². The highest BCUT2D eigenvalue weighted by Gasteiger charge is 2.14. The van der Waals surface area contributed by atoms with Gasteiger partial charge in [0.2, 0.25) is 0 Å². The second kappa shape index (κ2) is 10.9. The molecule has 2 rings (SSSR count). The Balaban J connectivity index is 2.20. The first-order chi connectivity index (χ1) is 14.0. The molecule has 0 spiro atoms. The molecular formula is C21H19BrN2O5. The Morgan fingerprint density at radius 3 is 2.52 bits per heavy atom. The number of ether oxygens (including phenoxy) is 3. The highest BCUT2D eigenvalue weighted by molar-refractivity contribution is 9.10. The Morgan fingerprint density at radius 2 is 1.90 bits per heavy atom. The van der Waals surface area contributed by atoms with Crippen molar-refractivity contribution in [3.8, 4) is 17.6 Å². The fourth-order valence-electron chi connectivity index (χ4n) is 2.31. The van der Waals surface area contributed by atoms with Crippen LogP contribution in [-0.4, -0.2) is 32.7 Å². The minimum absolute atomic E-state index is 0.0630. The van der Waals surface area contributed by atoms with Crippen molar-refractivity contribution in [2.24, 2.45) is 0 Å². The highest BCUT2D eigenvalue weighted by Crippen LogP contribution is 2.34. The Morgan fingerprint density at radius 1 is 1.17 bits per heavy atom. The number of carbonyl (C=O) groups is 2. The molecule has 150 valence electrons. The van der Waals surface area contributed by atoms with E-state index in [0.717, 1.165) is 5.56 Å². The van der Waals surface area contributed by atoms with E-state index in [0.29, 0.717) is 28.1 Å². The fourth-order valence-corrected chi connectivity index (χ4v) is 2.74. The van der Waals surface area contributed by atoms with Crippen LogP contribution in [0.2, 0.25) is 0 Å². The van der Waals surface area contributed by atoms with E-state index < -0.39 is 11.9 Å². The first kappa shape index (κ1) is 22.0. The van der Waals surface area contributed by atoms with E-state index in [4.69, 9.17) is 9.47 Å². The van der Waals surface area contributed by atoms with Crippen molar-refractivity contribution in [2.75, 3.05) is 20.8 Å². The van der Waals surface area contributed by atoms with Gasteiger partial charge in [0.1, 0.15) is 11.6 Å². The van der Waals surface area contributed by atoms with Gasteiger partial charge in [-0.05, 0) is 29.3 Å². The Labute approximate surface area is 177 Å². The van der Waals surface area contributed by atoms with Crippen molar-refractivity contribution < 1.29 is 23.8 Å². The maximum atomic E-state index is 12.4. The zero-order valence-electron chi connectivity index (χ0n) is 15.9. The van der Waals surface area contributed by atoms with Crippen LogP contribution in [0, 0.1) is 11.3 Å². The number of amides is 1. The molecule has 0 unspecified atom stereocenters. The van der Waals surface area contributed by atoms with Gasteiger partial charge in [0.15, 0.2) is 18.1 Å². The molecule has 2 aromatic rings. The number of hydrogen-bond donors (Lipinski definition) is 1. The number of nitrogens with zero attached hydrogens (tertiary/aromatic N) is 1. The summed E-state index contributed by atoms with van der Waals surface area (Å²) in [6.07, 6.45) is 1.44. The maximum Gasteiger partial charge on any atom is 0.343 e. The van der Waals surface area contributed by atoms with Crippen LogP contribution < -0.4 is 14.8 Å². The van der Waals surface area contributed by atoms with Crippen molar-refractivity contribution >= 4 is 33.9 Å². The summed E-state index contributed by atoms with van der Waals surface area (Å²) in [7, 11) is 2.71. The van der Waals surface area contributed by atoms with Crippen LogP contribution in [0.25, 0.3) is 6.08 Å². The number of esters is 1. The van der Waals surface area contributed by atoms with Crippen LogP contribution in [0.3, 0.4) is 0 Å². The number of benzene rings is 2. The van der Waals surface area contributed by atoms with Crippen molar-refractivity contribution in [1.82, 2.24) is 5.32 Å². The van der Waals surface area contributed by atoms with Crippen LogP contribution in [-0.2, 0) is 20.9 Å². The summed E-state index contributed by atoms with van der Waals surface area (Å²) >= 11 is 3.38. The van der Waals surface area contributed by atoms with Crippen molar-refractivity contribution in [3.63, 3.8) is 0 Å². The van der Waals surface area contributed by atoms with E-state index >= 15 is 0 Å². The van der Waals surface area contributed by atoms with E-state index in [9.17, 15) is 14.9 Å². The Bertz CT molecular complexity index is 952. The largest absolute Gasteiger partial charge is 0.493 e. The van der Waals surface area contributed by atoms with E-state index in [1.807, 2.05) is 36.4 Å². The topological polar surface area (TPSA) is 97.7 Å². The number of rotatable bonds is 8. The van der Waals surface area contributed by atoms with Gasteiger partial charge in [-0.15, -0.1) is 0 Å². The number of hydrogen-bond acceptors (Lipinski definition) is 6. The van der Waals surface area contributed by atoms with Gasteiger partial charge in [0.25, 0.3) is 5.91 Å². The minimum atomic E-state index is -0.533. The van der Waals surface area contributed by atoms with Crippen molar-refractivity contribution in [2.45, 2.75) is 6.54 Å². The standard InChI is InChI=1S/C21H19BrN2O5/c1-27-18-9-15(17(22)10-19(18)29-13-20(25)28-2)8-16(11-23)21(26)24-12-14-6-4-3-5-7-14/h3-10H,12-13H2,1-2H3,(H,24,26)/b16-8-. The normalized spacial score (nSPS) is 10.6. The van der Waals surface area contributed by atoms with Crippen LogP contribution in [0.5, 0.6) is 11.5 Å². The molecule has 0 fully saturated rings. The van der Waals surface area contributed by atoms with Crippen molar-refractivity contribution in [3.05, 3.63) is 63.6 Å². The zero-order valence-corrected chi connectivity index (χ0v) is 17.5. The van der Waals surface area contributed by atoms with Gasteiger partial charge >= 0.3 is 5.97 Å². The molecule has 0 bridgehead atoms. The average molecular weight is 459 g/mol. The Hall–Kier alpha value is -3.31. The lowest BCUT2D eigenvalue weighted by molar-refractivity contribution is -0.142. The fraction of sp³-hybridized carbons (Fsp3) is 0.190. The summed E-state index contributed by atoms with van der Waals surface area (Å²) in [6, 6.07) is 14.5. The smallest absolute Gasteiger partial charge is 0.343 e. The third-order valence-electron chi connectivity index (χ3n) is 3.82. The summed E-state index contributed by atoms with van der Waals surface area (Å²) in [5.41, 5.74) is 1.40. The minimum Gasteiger partial charge on any atom is -0.493 e. The lowest BCUT2D eigenvalue weighted by atomic mass is 10.1. The molecule has 1 N–H and O–H groups in total. The molecule has 0 heterocycles. The molecule has 29 heavy (non-hydrogen) atoms. The molecule has 0 radical (unpaired) electrons. The first-order valence-electron chi connectivity index (χ1n) is 8.49. The van der Waals surface area contributed by atoms with Crippen LogP contribution in [0.4, 0.5) is 0 Å². The van der Waals surface area contributed by atoms with Gasteiger partial charge in [-0.1, -0.05) is 46.3 Å². The van der Waals surface area contributed by atoms with Gasteiger partial charge in [-0.25, -0.2) is 4.79 Å². The average Bonchev–Trinajstić information content (AvgIpc) is 2.75. The van der Waals surface area contributed by atoms with Gasteiger partial charge in [0.05, 0.1) is 14.2 Å². The molecule has 0 aliphatic heterocycles. The SMILES string of the molecule is COC(=O)COc1cc(Br)c(/C=C(/C#N)C(=O)NCc2ccccc2)cc1OC. The number of halogens is 1. The Kier molecular flexibility index (Phi) is 8.25. The van der Waals surface area contributed by atoms with Crippen LogP contribution in [0.15, 0.2) is 52.5 Å². The third-order valence-corrected chi connectivity index (χ3v) is 4.50. The van der Waals surface area contributed by atoms with E-state index in [2.05, 4.69) is 26.0 Å². The number of methoxy groups -OCH3 is 2. The quantitative estimate of drug-likeness (QED) is 0.370. The van der Waals surface area contributed by atoms with Gasteiger partial charge in [-0.3, -0.25) is 4.79 Å². The molecule has 0 atom stereocenters. The van der Waals surface area contributed by atoms with Crippen LogP contribution in [0.1, 0.15) is 11.1 Å². The summed E-state index contributed by atoms with van der Waals surface area (Å²) < 4.78 is 15.8. The molecular weight excluding hydrogens is 440 g/mol. The maximum absolute atomic E-state index is 12.4. The van der Waals surface area contributed by atoms with E-state index in [1.54, 1.807) is 12.1 Å². The van der Waals surface area contributed by atoms with E-state index in [-0.39, 0.29) is 12.2 Å². The third kappa shape index (κ3) is 6.36. The van der Waals surface area contributed by atoms with Crippen molar-refractivity contribution in [1.29, 1.82) is 5.26 Å². The van der Waals surface area contributed by atoms with Crippen LogP contribution >= 0.6 is 15.9 Å². The second-order valence-corrected chi connectivity index (χ2v) is 6.58. The molecule has 0 aliphatic carbocycles. The monoisotopic (exact) mass is 458 g/mol. The molecule has 1 amide bonds. The second-order valence-electron chi connectivity index (χ2n) is 5.73. The number of nitriles is 1. The summed E-state index contributed by atoms with van der Waals surface area (Å²) in [5, 5.41) is 12.1. The number of nitrogens with one attached hydrogen (secondary N) is 1. The first-order valence-corrected chi connectivity index (χ1v) is 9.28. The predicted octanol–water partition coefficient (Wildman–Crippen LogP) is 3.23.